The molecule has 1 N–H and O–H groups in total. The minimum absolute atomic E-state index is 0.0187. The molecule has 1 aromatic carbocycles. The maximum atomic E-state index is 9.47. The Hall–Kier alpha value is -1.27. The van der Waals surface area contributed by atoms with Crippen LogP contribution in [0.1, 0.15) is 17.3 Å². The summed E-state index contributed by atoms with van der Waals surface area (Å²) in [6, 6.07) is 7.85. The molecule has 1 unspecified atom stereocenters. The zero-order valence-electron chi connectivity index (χ0n) is 9.41. The number of aryl methyl sites for hydroxylation is 1. The molecule has 0 aliphatic heterocycles. The number of hydrogen-bond donors (Lipinski definition) is 1. The molecule has 0 aliphatic carbocycles. The van der Waals surface area contributed by atoms with Crippen LogP contribution in [-0.2, 0) is 13.5 Å². The van der Waals surface area contributed by atoms with Gasteiger partial charge in [-0.15, -0.1) is 10.2 Å². The molecule has 0 saturated heterocycles. The lowest BCUT2D eigenvalue weighted by Gasteiger charge is -2.14. The van der Waals surface area contributed by atoms with Crippen molar-refractivity contribution in [3.8, 4) is 0 Å². The minimum atomic E-state index is -0.0187. The number of aromatic nitrogens is 4. The third kappa shape index (κ3) is 2.89. The molecule has 0 radical (unpaired) electrons. The Morgan fingerprint density at radius 3 is 2.76 bits per heavy atom. The van der Waals surface area contributed by atoms with Gasteiger partial charge in [0.2, 0.25) is 0 Å². The standard InChI is InChI=1S/C11H13BrN4O/c1-16-14-11(13-15-16)6-8(7-17)9-4-2-3-5-10(9)12/h2-5,8,17H,6-7H2,1H3. The fourth-order valence-electron chi connectivity index (χ4n) is 1.70. The van der Waals surface area contributed by atoms with Crippen molar-refractivity contribution in [3.63, 3.8) is 0 Å². The predicted octanol–water partition coefficient (Wildman–Crippen LogP) is 1.29. The summed E-state index contributed by atoms with van der Waals surface area (Å²) in [7, 11) is 1.73. The highest BCUT2D eigenvalue weighted by molar-refractivity contribution is 9.10. The summed E-state index contributed by atoms with van der Waals surface area (Å²) in [6.45, 7) is 0.0564. The van der Waals surface area contributed by atoms with E-state index in [0.717, 1.165) is 10.0 Å². The highest BCUT2D eigenvalue weighted by Gasteiger charge is 2.16. The third-order valence-electron chi connectivity index (χ3n) is 2.54. The maximum Gasteiger partial charge on any atom is 0.175 e. The van der Waals surface area contributed by atoms with E-state index in [0.29, 0.717) is 12.2 Å². The smallest absolute Gasteiger partial charge is 0.175 e. The summed E-state index contributed by atoms with van der Waals surface area (Å²) < 4.78 is 0.989. The van der Waals surface area contributed by atoms with E-state index in [1.807, 2.05) is 24.3 Å². The molecule has 1 aromatic heterocycles. The molecule has 5 nitrogen and oxygen atoms in total. The maximum absolute atomic E-state index is 9.47. The van der Waals surface area contributed by atoms with Crippen molar-refractivity contribution < 1.29 is 5.11 Å². The largest absolute Gasteiger partial charge is 0.396 e. The van der Waals surface area contributed by atoms with Gasteiger partial charge in [-0.2, -0.15) is 4.80 Å². The summed E-state index contributed by atoms with van der Waals surface area (Å²) >= 11 is 3.48. The SMILES string of the molecule is Cn1nnc(CC(CO)c2ccccc2Br)n1. The van der Waals surface area contributed by atoms with E-state index in [4.69, 9.17) is 0 Å². The van der Waals surface area contributed by atoms with Gasteiger partial charge in [-0.25, -0.2) is 0 Å². The lowest BCUT2D eigenvalue weighted by molar-refractivity contribution is 0.262. The summed E-state index contributed by atoms with van der Waals surface area (Å²) in [5.41, 5.74) is 1.06. The zero-order chi connectivity index (χ0) is 12.3. The fraction of sp³-hybridized carbons (Fsp3) is 0.364. The van der Waals surface area contributed by atoms with Gasteiger partial charge in [0, 0.05) is 16.8 Å². The molecule has 0 amide bonds. The Morgan fingerprint density at radius 2 is 2.18 bits per heavy atom. The average Bonchev–Trinajstić information content (AvgIpc) is 2.73. The van der Waals surface area contributed by atoms with E-state index >= 15 is 0 Å². The molecule has 0 saturated carbocycles. The molecule has 90 valence electrons. The highest BCUT2D eigenvalue weighted by atomic mass is 79.9. The number of tetrazole rings is 1. The number of benzene rings is 1. The second-order valence-corrected chi connectivity index (χ2v) is 4.65. The Labute approximate surface area is 108 Å². The number of rotatable bonds is 4. The predicted molar refractivity (Wildman–Crippen MR) is 66.5 cm³/mol. The Morgan fingerprint density at radius 1 is 1.41 bits per heavy atom. The normalized spacial score (nSPS) is 12.6. The first-order chi connectivity index (χ1) is 8.20. The average molecular weight is 297 g/mol. The van der Waals surface area contributed by atoms with Crippen LogP contribution in [0.4, 0.5) is 0 Å². The zero-order valence-corrected chi connectivity index (χ0v) is 11.0. The number of nitrogens with zero attached hydrogens (tertiary/aromatic N) is 4. The van der Waals surface area contributed by atoms with Crippen LogP contribution in [0.15, 0.2) is 28.7 Å². The molecule has 1 atom stereocenters. The van der Waals surface area contributed by atoms with Crippen LogP contribution in [0.3, 0.4) is 0 Å². The van der Waals surface area contributed by atoms with Crippen molar-refractivity contribution in [2.24, 2.45) is 7.05 Å². The van der Waals surface area contributed by atoms with Crippen molar-refractivity contribution >= 4 is 15.9 Å². The molecule has 0 aliphatic rings. The van der Waals surface area contributed by atoms with Crippen LogP contribution in [0.25, 0.3) is 0 Å². The lowest BCUT2D eigenvalue weighted by Crippen LogP contribution is -2.10. The molecule has 2 rings (SSSR count). The third-order valence-corrected chi connectivity index (χ3v) is 3.27. The molecular weight excluding hydrogens is 284 g/mol. The van der Waals surface area contributed by atoms with Crippen molar-refractivity contribution in [3.05, 3.63) is 40.1 Å². The summed E-state index contributed by atoms with van der Waals surface area (Å²) in [5.74, 6) is 0.622. The first-order valence-electron chi connectivity index (χ1n) is 5.29. The second kappa shape index (κ2) is 5.37. The number of hydrogen-bond acceptors (Lipinski definition) is 4. The molecule has 17 heavy (non-hydrogen) atoms. The first kappa shape index (κ1) is 12.2. The summed E-state index contributed by atoms with van der Waals surface area (Å²) in [5, 5.41) is 21.3. The summed E-state index contributed by atoms with van der Waals surface area (Å²) in [4.78, 5) is 1.42. The highest BCUT2D eigenvalue weighted by Crippen LogP contribution is 2.26. The van der Waals surface area contributed by atoms with E-state index < -0.39 is 0 Å². The van der Waals surface area contributed by atoms with Gasteiger partial charge in [0.1, 0.15) is 0 Å². The van der Waals surface area contributed by atoms with E-state index in [-0.39, 0.29) is 12.5 Å². The number of halogens is 1. The van der Waals surface area contributed by atoms with Crippen LogP contribution in [0.2, 0.25) is 0 Å². The molecule has 0 spiro atoms. The van der Waals surface area contributed by atoms with Crippen molar-refractivity contribution in [2.75, 3.05) is 6.61 Å². The van der Waals surface area contributed by atoms with Gasteiger partial charge in [-0.05, 0) is 16.8 Å². The fourth-order valence-corrected chi connectivity index (χ4v) is 2.31. The molecule has 6 heteroatoms. The van der Waals surface area contributed by atoms with Crippen LogP contribution in [0.5, 0.6) is 0 Å². The molecular formula is C11H13BrN4O. The Bertz CT molecular complexity index is 500. The number of aliphatic hydroxyl groups excluding tert-OH is 1. The van der Waals surface area contributed by atoms with Crippen molar-refractivity contribution in [2.45, 2.75) is 12.3 Å². The lowest BCUT2D eigenvalue weighted by atomic mass is 9.96. The van der Waals surface area contributed by atoms with E-state index in [1.165, 1.54) is 4.80 Å². The quantitative estimate of drug-likeness (QED) is 0.923. The monoisotopic (exact) mass is 296 g/mol. The molecule has 1 heterocycles. The Kier molecular flexibility index (Phi) is 3.86. The van der Waals surface area contributed by atoms with E-state index in [9.17, 15) is 5.11 Å². The van der Waals surface area contributed by atoms with Gasteiger partial charge in [0.15, 0.2) is 5.82 Å². The van der Waals surface area contributed by atoms with Crippen molar-refractivity contribution in [1.82, 2.24) is 20.2 Å². The van der Waals surface area contributed by atoms with Gasteiger partial charge in [0.05, 0.1) is 13.7 Å². The molecule has 0 bridgehead atoms. The van der Waals surface area contributed by atoms with Gasteiger partial charge in [-0.1, -0.05) is 34.1 Å². The van der Waals surface area contributed by atoms with Crippen molar-refractivity contribution in [1.29, 1.82) is 0 Å². The van der Waals surface area contributed by atoms with Gasteiger partial charge in [0.25, 0.3) is 0 Å². The second-order valence-electron chi connectivity index (χ2n) is 3.80. The molecule has 0 fully saturated rings. The first-order valence-corrected chi connectivity index (χ1v) is 6.08. The minimum Gasteiger partial charge on any atom is -0.396 e. The van der Waals surface area contributed by atoms with E-state index in [1.54, 1.807) is 7.05 Å². The van der Waals surface area contributed by atoms with Crippen LogP contribution >= 0.6 is 15.9 Å². The summed E-state index contributed by atoms with van der Waals surface area (Å²) in [6.07, 6.45) is 0.576. The van der Waals surface area contributed by atoms with Crippen LogP contribution in [0, 0.1) is 0 Å². The topological polar surface area (TPSA) is 63.8 Å². The number of aliphatic hydroxyl groups is 1. The van der Waals surface area contributed by atoms with Gasteiger partial charge < -0.3 is 5.11 Å². The van der Waals surface area contributed by atoms with Crippen LogP contribution < -0.4 is 0 Å². The van der Waals surface area contributed by atoms with E-state index in [2.05, 4.69) is 31.3 Å². The molecule has 2 aromatic rings. The van der Waals surface area contributed by atoms with Gasteiger partial charge >= 0.3 is 0 Å². The Balaban J connectivity index is 2.20. The van der Waals surface area contributed by atoms with Gasteiger partial charge in [-0.3, -0.25) is 0 Å². The van der Waals surface area contributed by atoms with Crippen LogP contribution in [-0.4, -0.2) is 31.9 Å².